The van der Waals surface area contributed by atoms with Gasteiger partial charge in [-0.2, -0.15) is 0 Å². The maximum absolute atomic E-state index is 12.4. The van der Waals surface area contributed by atoms with Gasteiger partial charge in [-0.05, 0) is 36.1 Å². The van der Waals surface area contributed by atoms with Crippen LogP contribution in [0.5, 0.6) is 5.75 Å². The Balaban J connectivity index is 1.66. The van der Waals surface area contributed by atoms with Crippen LogP contribution < -0.4 is 5.32 Å². The van der Waals surface area contributed by atoms with Crippen LogP contribution in [-0.4, -0.2) is 23.6 Å². The third kappa shape index (κ3) is 4.74. The van der Waals surface area contributed by atoms with Crippen LogP contribution >= 0.6 is 11.3 Å². The van der Waals surface area contributed by atoms with Crippen LogP contribution in [0.15, 0.2) is 66.0 Å². The SMILES string of the molecule is Cc1ccc(O)c(C(=O)OCC(=O)N[C@@H](c2ccccc2)c2cccs2)c1. The summed E-state index contributed by atoms with van der Waals surface area (Å²) in [5.74, 6) is -1.33. The summed E-state index contributed by atoms with van der Waals surface area (Å²) in [5, 5.41) is 14.6. The number of aryl methyl sites for hydroxylation is 1. The first kappa shape index (κ1) is 18.7. The van der Waals surface area contributed by atoms with E-state index in [0.717, 1.165) is 16.0 Å². The zero-order valence-electron chi connectivity index (χ0n) is 14.7. The van der Waals surface area contributed by atoms with Crippen molar-refractivity contribution in [3.05, 3.63) is 87.6 Å². The Morgan fingerprint density at radius 3 is 2.59 bits per heavy atom. The maximum atomic E-state index is 12.4. The fourth-order valence-corrected chi connectivity index (χ4v) is 3.45. The van der Waals surface area contributed by atoms with Gasteiger partial charge in [0.05, 0.1) is 6.04 Å². The molecule has 0 saturated heterocycles. The second kappa shape index (κ2) is 8.51. The summed E-state index contributed by atoms with van der Waals surface area (Å²) in [6.45, 7) is 1.37. The number of carbonyl (C=O) groups is 2. The molecule has 27 heavy (non-hydrogen) atoms. The van der Waals surface area contributed by atoms with E-state index in [2.05, 4.69) is 5.32 Å². The highest BCUT2D eigenvalue weighted by molar-refractivity contribution is 7.10. The number of rotatable bonds is 6. The van der Waals surface area contributed by atoms with Gasteiger partial charge in [0.1, 0.15) is 11.3 Å². The van der Waals surface area contributed by atoms with Gasteiger partial charge in [0.15, 0.2) is 6.61 Å². The quantitative estimate of drug-likeness (QED) is 0.637. The molecule has 0 spiro atoms. The molecule has 2 aromatic carbocycles. The molecule has 2 N–H and O–H groups in total. The number of phenols is 1. The Morgan fingerprint density at radius 1 is 1.11 bits per heavy atom. The summed E-state index contributed by atoms with van der Waals surface area (Å²) in [4.78, 5) is 25.5. The number of hydrogen-bond acceptors (Lipinski definition) is 5. The summed E-state index contributed by atoms with van der Waals surface area (Å²) in [7, 11) is 0. The summed E-state index contributed by atoms with van der Waals surface area (Å²) < 4.78 is 5.07. The van der Waals surface area contributed by atoms with Crippen LogP contribution in [0.2, 0.25) is 0 Å². The van der Waals surface area contributed by atoms with E-state index in [1.54, 1.807) is 13.0 Å². The zero-order valence-corrected chi connectivity index (χ0v) is 15.5. The molecule has 1 amide bonds. The lowest BCUT2D eigenvalue weighted by Gasteiger charge is -2.18. The first-order valence-electron chi connectivity index (χ1n) is 8.39. The molecule has 0 aliphatic rings. The molecular weight excluding hydrogens is 362 g/mol. The molecule has 0 saturated carbocycles. The Bertz CT molecular complexity index is 923. The predicted octanol–water partition coefficient (Wildman–Crippen LogP) is 3.82. The van der Waals surface area contributed by atoms with E-state index in [4.69, 9.17) is 4.74 Å². The highest BCUT2D eigenvalue weighted by Crippen LogP contribution is 2.26. The minimum atomic E-state index is -0.737. The number of aromatic hydroxyl groups is 1. The van der Waals surface area contributed by atoms with Crippen LogP contribution in [0.25, 0.3) is 0 Å². The van der Waals surface area contributed by atoms with Crippen molar-refractivity contribution < 1.29 is 19.4 Å². The molecule has 138 valence electrons. The number of benzene rings is 2. The van der Waals surface area contributed by atoms with Gasteiger partial charge in [0.25, 0.3) is 5.91 Å². The summed E-state index contributed by atoms with van der Waals surface area (Å²) in [5.41, 5.74) is 1.79. The van der Waals surface area contributed by atoms with E-state index in [1.165, 1.54) is 23.5 Å². The van der Waals surface area contributed by atoms with E-state index >= 15 is 0 Å². The van der Waals surface area contributed by atoms with Gasteiger partial charge < -0.3 is 15.2 Å². The van der Waals surface area contributed by atoms with Crippen molar-refractivity contribution in [2.45, 2.75) is 13.0 Å². The molecule has 3 rings (SSSR count). The molecule has 6 heteroatoms. The van der Waals surface area contributed by atoms with Crippen molar-refractivity contribution in [2.75, 3.05) is 6.61 Å². The molecule has 0 unspecified atom stereocenters. The smallest absolute Gasteiger partial charge is 0.342 e. The Labute approximate surface area is 161 Å². The highest BCUT2D eigenvalue weighted by atomic mass is 32.1. The van der Waals surface area contributed by atoms with Crippen LogP contribution in [0, 0.1) is 6.92 Å². The number of hydrogen-bond donors (Lipinski definition) is 2. The first-order chi connectivity index (χ1) is 13.0. The fourth-order valence-electron chi connectivity index (χ4n) is 2.64. The normalized spacial score (nSPS) is 11.6. The van der Waals surface area contributed by atoms with Crippen LogP contribution in [0.3, 0.4) is 0 Å². The van der Waals surface area contributed by atoms with Crippen LogP contribution in [-0.2, 0) is 9.53 Å². The van der Waals surface area contributed by atoms with Gasteiger partial charge in [-0.25, -0.2) is 4.79 Å². The highest BCUT2D eigenvalue weighted by Gasteiger charge is 2.20. The predicted molar refractivity (Wildman–Crippen MR) is 104 cm³/mol. The van der Waals surface area contributed by atoms with E-state index in [1.807, 2.05) is 47.8 Å². The van der Waals surface area contributed by atoms with Crippen molar-refractivity contribution in [1.82, 2.24) is 5.32 Å². The van der Waals surface area contributed by atoms with Gasteiger partial charge in [0, 0.05) is 4.88 Å². The Hall–Kier alpha value is -3.12. The minimum absolute atomic E-state index is 0.0423. The minimum Gasteiger partial charge on any atom is -0.507 e. The number of amides is 1. The van der Waals surface area contributed by atoms with E-state index in [-0.39, 0.29) is 17.4 Å². The molecule has 3 aromatic rings. The Kier molecular flexibility index (Phi) is 5.88. The maximum Gasteiger partial charge on any atom is 0.342 e. The number of phenolic OH excluding ortho intramolecular Hbond substituents is 1. The largest absolute Gasteiger partial charge is 0.507 e. The van der Waals surface area contributed by atoms with Crippen LogP contribution in [0.1, 0.15) is 32.4 Å². The average molecular weight is 381 g/mol. The van der Waals surface area contributed by atoms with Crippen molar-refractivity contribution in [3.8, 4) is 5.75 Å². The van der Waals surface area contributed by atoms with Crippen molar-refractivity contribution >= 4 is 23.2 Å². The summed E-state index contributed by atoms with van der Waals surface area (Å²) in [6, 6.07) is 17.8. The van der Waals surface area contributed by atoms with Gasteiger partial charge in [-0.3, -0.25) is 4.79 Å². The van der Waals surface area contributed by atoms with Gasteiger partial charge >= 0.3 is 5.97 Å². The van der Waals surface area contributed by atoms with Crippen molar-refractivity contribution in [3.63, 3.8) is 0 Å². The monoisotopic (exact) mass is 381 g/mol. The van der Waals surface area contributed by atoms with E-state index < -0.39 is 18.5 Å². The molecule has 1 atom stereocenters. The molecule has 0 radical (unpaired) electrons. The van der Waals surface area contributed by atoms with Crippen molar-refractivity contribution in [1.29, 1.82) is 0 Å². The number of carbonyl (C=O) groups excluding carboxylic acids is 2. The lowest BCUT2D eigenvalue weighted by Crippen LogP contribution is -2.32. The number of esters is 1. The lowest BCUT2D eigenvalue weighted by atomic mass is 10.1. The Morgan fingerprint density at radius 2 is 1.89 bits per heavy atom. The van der Waals surface area contributed by atoms with Crippen molar-refractivity contribution in [2.24, 2.45) is 0 Å². The lowest BCUT2D eigenvalue weighted by molar-refractivity contribution is -0.124. The zero-order chi connectivity index (χ0) is 19.2. The summed E-state index contributed by atoms with van der Waals surface area (Å²) in [6.07, 6.45) is 0. The number of ether oxygens (including phenoxy) is 1. The van der Waals surface area contributed by atoms with E-state index in [0.29, 0.717) is 0 Å². The molecule has 1 heterocycles. The molecular formula is C21H19NO4S. The average Bonchev–Trinajstić information content (AvgIpc) is 3.21. The fraction of sp³-hybridized carbons (Fsp3) is 0.143. The molecule has 5 nitrogen and oxygen atoms in total. The van der Waals surface area contributed by atoms with E-state index in [9.17, 15) is 14.7 Å². The third-order valence-electron chi connectivity index (χ3n) is 3.97. The topological polar surface area (TPSA) is 75.6 Å². The molecule has 0 aliphatic heterocycles. The third-order valence-corrected chi connectivity index (χ3v) is 4.91. The molecule has 0 aliphatic carbocycles. The van der Waals surface area contributed by atoms with Gasteiger partial charge in [-0.1, -0.05) is 48.0 Å². The van der Waals surface area contributed by atoms with Crippen LogP contribution in [0.4, 0.5) is 0 Å². The second-order valence-corrected chi connectivity index (χ2v) is 7.00. The van der Waals surface area contributed by atoms with Gasteiger partial charge in [-0.15, -0.1) is 11.3 Å². The molecule has 0 fully saturated rings. The number of thiophene rings is 1. The second-order valence-electron chi connectivity index (χ2n) is 6.02. The summed E-state index contributed by atoms with van der Waals surface area (Å²) >= 11 is 1.54. The first-order valence-corrected chi connectivity index (χ1v) is 9.27. The molecule has 1 aromatic heterocycles. The standard InChI is InChI=1S/C21H19NO4S/c1-14-9-10-17(23)16(12-14)21(25)26-13-19(24)22-20(18-8-5-11-27-18)15-6-3-2-4-7-15/h2-12,20,23H,13H2,1H3,(H,22,24)/t20-/m0/s1. The number of nitrogens with one attached hydrogen (secondary N) is 1. The molecule has 0 bridgehead atoms. The van der Waals surface area contributed by atoms with Gasteiger partial charge in [0.2, 0.25) is 0 Å².